The van der Waals surface area contributed by atoms with Crippen molar-refractivity contribution >= 4 is 57.8 Å². The molecule has 192 valence electrons. The smallest absolute Gasteiger partial charge is 0.266 e. The molecule has 9 heteroatoms. The summed E-state index contributed by atoms with van der Waals surface area (Å²) >= 11 is 13.6. The molecule has 3 aromatic carbocycles. The first-order valence-corrected chi connectivity index (χ1v) is 13.3. The van der Waals surface area contributed by atoms with Crippen molar-refractivity contribution in [2.45, 2.75) is 20.5 Å². The van der Waals surface area contributed by atoms with Gasteiger partial charge < -0.3 is 14.2 Å². The number of halogens is 2. The number of amidine groups is 1. The van der Waals surface area contributed by atoms with Crippen LogP contribution in [-0.2, 0) is 11.4 Å². The zero-order valence-corrected chi connectivity index (χ0v) is 23.0. The number of thioether (sulfide) groups is 1. The van der Waals surface area contributed by atoms with Crippen LogP contribution in [0.15, 0.2) is 70.6 Å². The number of ether oxygens (including phenoxy) is 3. The Morgan fingerprint density at radius 3 is 2.43 bits per heavy atom. The lowest BCUT2D eigenvalue weighted by molar-refractivity contribution is -0.122. The molecule has 0 aliphatic carbocycles. The summed E-state index contributed by atoms with van der Waals surface area (Å²) in [5, 5.41) is 1.74. The normalized spacial score (nSPS) is 15.5. The van der Waals surface area contributed by atoms with Crippen molar-refractivity contribution in [3.63, 3.8) is 0 Å². The van der Waals surface area contributed by atoms with Crippen LogP contribution in [-0.4, -0.2) is 36.2 Å². The van der Waals surface area contributed by atoms with E-state index in [1.54, 1.807) is 24.1 Å². The van der Waals surface area contributed by atoms with Crippen molar-refractivity contribution < 1.29 is 19.0 Å². The maximum absolute atomic E-state index is 13.1. The Kier molecular flexibility index (Phi) is 9.03. The third kappa shape index (κ3) is 6.60. The molecule has 0 radical (unpaired) electrons. The molecule has 1 fully saturated rings. The number of methoxy groups -OCH3 is 1. The molecule has 0 spiro atoms. The number of hydrogen-bond donors (Lipinski definition) is 0. The Balaban J connectivity index is 1.55. The van der Waals surface area contributed by atoms with E-state index in [1.807, 2.05) is 68.5 Å². The Morgan fingerprint density at radius 2 is 1.76 bits per heavy atom. The van der Waals surface area contributed by atoms with Gasteiger partial charge in [0.1, 0.15) is 12.4 Å². The summed E-state index contributed by atoms with van der Waals surface area (Å²) in [4.78, 5) is 20.0. The quantitative estimate of drug-likeness (QED) is 0.254. The number of carbonyl (C=O) groups excluding carboxylic acids is 1. The molecule has 0 N–H and O–H groups in total. The molecule has 0 atom stereocenters. The van der Waals surface area contributed by atoms with Crippen molar-refractivity contribution in [3.05, 3.63) is 86.7 Å². The SMILES string of the molecule is CCOc1cc(/C=C2/SC(=Nc3ccc(OC)cc3)N(CC)C2=O)ccc1OCc1ccc(Cl)cc1Cl. The highest BCUT2D eigenvalue weighted by atomic mass is 35.5. The minimum atomic E-state index is -0.0876. The average molecular weight is 557 g/mol. The summed E-state index contributed by atoms with van der Waals surface area (Å²) in [5.74, 6) is 1.82. The number of nitrogens with zero attached hydrogens (tertiary/aromatic N) is 2. The molecular weight excluding hydrogens is 531 g/mol. The van der Waals surface area contributed by atoms with E-state index in [0.29, 0.717) is 44.8 Å². The van der Waals surface area contributed by atoms with Gasteiger partial charge in [0.25, 0.3) is 5.91 Å². The van der Waals surface area contributed by atoms with E-state index in [1.165, 1.54) is 11.8 Å². The van der Waals surface area contributed by atoms with Crippen LogP contribution in [0.25, 0.3) is 6.08 Å². The highest BCUT2D eigenvalue weighted by Gasteiger charge is 2.32. The number of likely N-dealkylation sites (N-methyl/N-ethyl adjacent to an activating group) is 1. The second kappa shape index (κ2) is 12.4. The predicted molar refractivity (Wildman–Crippen MR) is 151 cm³/mol. The fraction of sp³-hybridized carbons (Fsp3) is 0.214. The standard InChI is InChI=1S/C28H26Cl2N2O4S/c1-4-32-27(33)26(37-28(32)31-21-9-11-22(34-3)12-10-21)15-18-6-13-24(25(14-18)35-5-2)36-17-19-7-8-20(29)16-23(19)30/h6-16H,4-5,17H2,1-3H3/b26-15+,31-28?. The lowest BCUT2D eigenvalue weighted by atomic mass is 10.1. The number of amides is 1. The first-order chi connectivity index (χ1) is 17.9. The van der Waals surface area contributed by atoms with Crippen molar-refractivity contribution in [2.75, 3.05) is 20.3 Å². The van der Waals surface area contributed by atoms with Gasteiger partial charge in [-0.15, -0.1) is 0 Å². The van der Waals surface area contributed by atoms with Crippen LogP contribution in [0.5, 0.6) is 17.2 Å². The number of rotatable bonds is 9. The minimum absolute atomic E-state index is 0.0876. The molecule has 0 saturated carbocycles. The van der Waals surface area contributed by atoms with Crippen LogP contribution in [0.2, 0.25) is 10.0 Å². The van der Waals surface area contributed by atoms with Gasteiger partial charge in [0.2, 0.25) is 0 Å². The molecule has 37 heavy (non-hydrogen) atoms. The van der Waals surface area contributed by atoms with Gasteiger partial charge in [0.15, 0.2) is 16.7 Å². The van der Waals surface area contributed by atoms with Crippen molar-refractivity contribution in [1.82, 2.24) is 4.90 Å². The van der Waals surface area contributed by atoms with Crippen LogP contribution in [0.1, 0.15) is 25.0 Å². The van der Waals surface area contributed by atoms with E-state index in [0.717, 1.165) is 22.6 Å². The number of hydrogen-bond acceptors (Lipinski definition) is 6. The molecule has 0 bridgehead atoms. The maximum atomic E-state index is 13.1. The zero-order chi connectivity index (χ0) is 26.4. The van der Waals surface area contributed by atoms with Gasteiger partial charge >= 0.3 is 0 Å². The third-order valence-corrected chi connectivity index (χ3v) is 7.06. The van der Waals surface area contributed by atoms with Gasteiger partial charge in [-0.05, 0) is 85.8 Å². The monoisotopic (exact) mass is 556 g/mol. The van der Waals surface area contributed by atoms with E-state index in [2.05, 4.69) is 4.99 Å². The largest absolute Gasteiger partial charge is 0.497 e. The highest BCUT2D eigenvalue weighted by molar-refractivity contribution is 8.18. The van der Waals surface area contributed by atoms with Crippen molar-refractivity contribution in [2.24, 2.45) is 4.99 Å². The van der Waals surface area contributed by atoms with Crippen molar-refractivity contribution in [1.29, 1.82) is 0 Å². The molecule has 6 nitrogen and oxygen atoms in total. The molecule has 0 unspecified atom stereocenters. The van der Waals surface area contributed by atoms with Crippen LogP contribution in [0, 0.1) is 0 Å². The summed E-state index contributed by atoms with van der Waals surface area (Å²) in [6.07, 6.45) is 1.84. The lowest BCUT2D eigenvalue weighted by Gasteiger charge is -2.13. The first kappa shape index (κ1) is 26.9. The minimum Gasteiger partial charge on any atom is -0.497 e. The fourth-order valence-corrected chi connectivity index (χ4v) is 5.11. The van der Waals surface area contributed by atoms with Gasteiger partial charge in [-0.3, -0.25) is 9.69 Å². The average Bonchev–Trinajstić information content (AvgIpc) is 3.18. The zero-order valence-electron chi connectivity index (χ0n) is 20.7. The maximum Gasteiger partial charge on any atom is 0.266 e. The lowest BCUT2D eigenvalue weighted by Crippen LogP contribution is -2.28. The Morgan fingerprint density at radius 1 is 0.973 bits per heavy atom. The molecule has 1 aliphatic rings. The molecule has 3 aromatic rings. The molecule has 1 saturated heterocycles. The van der Waals surface area contributed by atoms with Crippen LogP contribution in [0.3, 0.4) is 0 Å². The van der Waals surface area contributed by atoms with E-state index < -0.39 is 0 Å². The Bertz CT molecular complexity index is 1340. The van der Waals surface area contributed by atoms with Crippen molar-refractivity contribution in [3.8, 4) is 17.2 Å². The predicted octanol–water partition coefficient (Wildman–Crippen LogP) is 7.60. The number of aliphatic imine (C=N–C) groups is 1. The van der Waals surface area contributed by atoms with Gasteiger partial charge in [-0.25, -0.2) is 4.99 Å². The Labute approximate surface area is 230 Å². The van der Waals surface area contributed by atoms with E-state index in [9.17, 15) is 4.79 Å². The summed E-state index contributed by atoms with van der Waals surface area (Å²) in [6.45, 7) is 5.08. The number of carbonyl (C=O) groups is 1. The Hall–Kier alpha value is -3.13. The second-order valence-electron chi connectivity index (χ2n) is 7.92. The summed E-state index contributed by atoms with van der Waals surface area (Å²) in [5.41, 5.74) is 2.38. The molecule has 0 aromatic heterocycles. The molecular formula is C28H26Cl2N2O4S. The summed E-state index contributed by atoms with van der Waals surface area (Å²) in [6, 6.07) is 18.3. The van der Waals surface area contributed by atoms with Gasteiger partial charge in [-0.2, -0.15) is 0 Å². The van der Waals surface area contributed by atoms with Gasteiger partial charge in [0, 0.05) is 22.2 Å². The van der Waals surface area contributed by atoms with Gasteiger partial charge in [-0.1, -0.05) is 35.3 Å². The summed E-state index contributed by atoms with van der Waals surface area (Å²) in [7, 11) is 1.62. The second-order valence-corrected chi connectivity index (χ2v) is 9.77. The fourth-order valence-electron chi connectivity index (χ4n) is 3.59. The first-order valence-electron chi connectivity index (χ1n) is 11.7. The van der Waals surface area contributed by atoms with E-state index in [4.69, 9.17) is 37.4 Å². The van der Waals surface area contributed by atoms with Crippen LogP contribution in [0.4, 0.5) is 5.69 Å². The molecule has 1 amide bonds. The molecule has 1 heterocycles. The summed E-state index contributed by atoms with van der Waals surface area (Å²) < 4.78 is 17.0. The van der Waals surface area contributed by atoms with Crippen LogP contribution < -0.4 is 14.2 Å². The number of benzene rings is 3. The molecule has 1 aliphatic heterocycles. The highest BCUT2D eigenvalue weighted by Crippen LogP contribution is 2.36. The van der Waals surface area contributed by atoms with Crippen LogP contribution >= 0.6 is 35.0 Å². The topological polar surface area (TPSA) is 60.4 Å². The van der Waals surface area contributed by atoms with Gasteiger partial charge in [0.05, 0.1) is 24.3 Å². The van der Waals surface area contributed by atoms with E-state index >= 15 is 0 Å². The van der Waals surface area contributed by atoms with E-state index in [-0.39, 0.29) is 12.5 Å². The third-order valence-electron chi connectivity index (χ3n) is 5.47. The molecule has 4 rings (SSSR count).